The molecule has 13 heavy (non-hydrogen) atoms. The van der Waals surface area contributed by atoms with Crippen LogP contribution in [0.4, 0.5) is 5.82 Å². The number of carbonyl (C=O) groups excluding carboxylic acids is 1. The first kappa shape index (κ1) is 12.1. The van der Waals surface area contributed by atoms with Crippen LogP contribution in [0.3, 0.4) is 0 Å². The van der Waals surface area contributed by atoms with Crippen LogP contribution < -0.4 is 11.5 Å². The Morgan fingerprint density at radius 1 is 1.69 bits per heavy atom. The van der Waals surface area contributed by atoms with Crippen LogP contribution in [0.1, 0.15) is 16.6 Å². The second-order valence-corrected chi connectivity index (χ2v) is 3.84. The number of hydrogen-bond donors (Lipinski definition) is 2. The number of anilines is 1. The van der Waals surface area contributed by atoms with Crippen molar-refractivity contribution in [2.75, 3.05) is 5.73 Å². The highest BCUT2D eigenvalue weighted by Gasteiger charge is 2.12. The predicted molar refractivity (Wildman–Crippen MR) is 55.4 cm³/mol. The molecule has 0 radical (unpaired) electrons. The molecule has 0 fully saturated rings. The minimum absolute atomic E-state index is 0. The molecule has 6 N–H and O–H groups in total. The van der Waals surface area contributed by atoms with Gasteiger partial charge in [0, 0.05) is 6.54 Å². The Bertz CT molecular complexity index is 368. The fraction of sp³-hybridized carbons (Fsp3) is 0.333. The fourth-order valence-electron chi connectivity index (χ4n) is 0.892. The zero-order valence-electron chi connectivity index (χ0n) is 7.03. The molecule has 0 atom stereocenters. The van der Waals surface area contributed by atoms with E-state index in [-0.39, 0.29) is 5.48 Å². The summed E-state index contributed by atoms with van der Waals surface area (Å²) in [6, 6.07) is 0. The van der Waals surface area contributed by atoms with Crippen LogP contribution in [0.5, 0.6) is 0 Å². The van der Waals surface area contributed by atoms with E-state index in [1.165, 1.54) is 0 Å². The normalized spacial score (nSPS) is 9.31. The third kappa shape index (κ3) is 2.06. The lowest BCUT2D eigenvalue weighted by Crippen LogP contribution is -2.12. The Morgan fingerprint density at radius 2 is 2.23 bits per heavy atom. The predicted octanol–water partition coefficient (Wildman–Crippen LogP) is 0.155. The lowest BCUT2D eigenvalue weighted by molar-refractivity contribution is 0.100. The Morgan fingerprint density at radius 3 is 2.46 bits per heavy atom. The Hall–Kier alpha value is -0.920. The Balaban J connectivity index is 0.00000144. The highest BCUT2D eigenvalue weighted by molar-refractivity contribution is 7.73. The van der Waals surface area contributed by atoms with E-state index in [1.54, 1.807) is 4.57 Å². The zero-order valence-corrected chi connectivity index (χ0v) is 8.67. The van der Waals surface area contributed by atoms with Crippen LogP contribution in [0.2, 0.25) is 0 Å². The number of rotatable bonds is 2. The van der Waals surface area contributed by atoms with Crippen molar-refractivity contribution in [3.05, 3.63) is 8.83 Å². The van der Waals surface area contributed by atoms with E-state index in [0.717, 1.165) is 11.3 Å². The summed E-state index contributed by atoms with van der Waals surface area (Å²) in [5.74, 6) is -0.143. The highest BCUT2D eigenvalue weighted by Crippen LogP contribution is 2.20. The van der Waals surface area contributed by atoms with E-state index in [1.807, 2.05) is 6.92 Å². The summed E-state index contributed by atoms with van der Waals surface area (Å²) in [4.78, 5) is 11.1. The summed E-state index contributed by atoms with van der Waals surface area (Å²) in [6.45, 7) is 2.57. The maximum Gasteiger partial charge on any atom is 0.262 e. The van der Waals surface area contributed by atoms with Gasteiger partial charge in [0.1, 0.15) is 10.7 Å². The topological polar surface area (TPSA) is 106 Å². The number of hydrogen-bond acceptors (Lipinski definition) is 4. The molecule has 1 aromatic rings. The van der Waals surface area contributed by atoms with Crippen molar-refractivity contribution in [2.45, 2.75) is 13.5 Å². The van der Waals surface area contributed by atoms with Crippen molar-refractivity contribution >= 4 is 35.3 Å². The van der Waals surface area contributed by atoms with Gasteiger partial charge in [0.2, 0.25) is 0 Å². The molecule has 0 spiro atoms. The molecule has 0 aliphatic rings. The average Bonchev–Trinajstić information content (AvgIpc) is 2.27. The molecule has 1 rings (SSSR count). The maximum atomic E-state index is 10.8. The second kappa shape index (κ2) is 4.35. The fourth-order valence-corrected chi connectivity index (χ4v) is 2.20. The van der Waals surface area contributed by atoms with Crippen LogP contribution in [-0.2, 0) is 6.54 Å². The molecule has 0 aromatic carbocycles. The van der Waals surface area contributed by atoms with E-state index in [4.69, 9.17) is 23.7 Å². The number of nitrogens with two attached hydrogens (primary N) is 2. The van der Waals surface area contributed by atoms with E-state index < -0.39 is 5.91 Å². The molecule has 74 valence electrons. The summed E-state index contributed by atoms with van der Waals surface area (Å²) in [5.41, 5.74) is 10.7. The molecule has 0 saturated carbocycles. The minimum Gasteiger partial charge on any atom is -0.412 e. The van der Waals surface area contributed by atoms with Crippen molar-refractivity contribution in [3.8, 4) is 0 Å². The molecule has 7 heteroatoms. The van der Waals surface area contributed by atoms with Gasteiger partial charge in [0.25, 0.3) is 5.91 Å². The number of amides is 1. The average molecular weight is 221 g/mol. The second-order valence-electron chi connectivity index (χ2n) is 2.19. The summed E-state index contributed by atoms with van der Waals surface area (Å²) in [7, 11) is 0. The molecule has 1 amide bonds. The van der Waals surface area contributed by atoms with Crippen molar-refractivity contribution < 1.29 is 10.3 Å². The van der Waals surface area contributed by atoms with Crippen LogP contribution in [0.25, 0.3) is 0 Å². The third-order valence-corrected chi connectivity index (χ3v) is 2.95. The molecule has 0 unspecified atom stereocenters. The SMILES string of the molecule is CCn1c(N)c(C(N)=O)sc1=S.O. The number of carbonyl (C=O) groups is 1. The molecular weight excluding hydrogens is 210 g/mol. The quantitative estimate of drug-likeness (QED) is 0.694. The number of aromatic nitrogens is 1. The van der Waals surface area contributed by atoms with Gasteiger partial charge < -0.3 is 21.5 Å². The van der Waals surface area contributed by atoms with E-state index >= 15 is 0 Å². The molecule has 0 bridgehead atoms. The number of thiazole rings is 1. The molecule has 0 aliphatic carbocycles. The lowest BCUT2D eigenvalue weighted by atomic mass is 10.5. The largest absolute Gasteiger partial charge is 0.412 e. The first-order valence-electron chi connectivity index (χ1n) is 3.36. The summed E-state index contributed by atoms with van der Waals surface area (Å²) < 4.78 is 2.27. The van der Waals surface area contributed by atoms with Crippen LogP contribution in [0, 0.1) is 3.95 Å². The standard InChI is InChI=1S/C6H9N3OS2.H2O/c1-2-9-4(7)3(5(8)10)12-6(9)11;/h2,7H2,1H3,(H2,8,10);1H2. The van der Waals surface area contributed by atoms with E-state index in [0.29, 0.717) is 21.2 Å². The van der Waals surface area contributed by atoms with Gasteiger partial charge >= 0.3 is 0 Å². The number of nitrogens with zero attached hydrogens (tertiary/aromatic N) is 1. The summed E-state index contributed by atoms with van der Waals surface area (Å²) in [6.07, 6.45) is 0. The third-order valence-electron chi connectivity index (χ3n) is 1.47. The van der Waals surface area contributed by atoms with Crippen molar-refractivity contribution in [1.82, 2.24) is 4.57 Å². The van der Waals surface area contributed by atoms with Gasteiger partial charge in [-0.05, 0) is 19.1 Å². The van der Waals surface area contributed by atoms with Crippen LogP contribution in [-0.4, -0.2) is 16.0 Å². The monoisotopic (exact) mass is 221 g/mol. The van der Waals surface area contributed by atoms with E-state index in [9.17, 15) is 4.79 Å². The zero-order chi connectivity index (χ0) is 9.30. The van der Waals surface area contributed by atoms with Gasteiger partial charge in [-0.15, -0.1) is 0 Å². The van der Waals surface area contributed by atoms with Gasteiger partial charge in [-0.25, -0.2) is 0 Å². The molecule has 5 nitrogen and oxygen atoms in total. The minimum atomic E-state index is -0.518. The van der Waals surface area contributed by atoms with Crippen molar-refractivity contribution in [1.29, 1.82) is 0 Å². The summed E-state index contributed by atoms with van der Waals surface area (Å²) in [5, 5.41) is 0. The molecular formula is C6H11N3O2S2. The number of primary amides is 1. The van der Waals surface area contributed by atoms with Gasteiger partial charge in [0.05, 0.1) is 0 Å². The Kier molecular flexibility index (Phi) is 4.05. The van der Waals surface area contributed by atoms with Crippen LogP contribution >= 0.6 is 23.6 Å². The van der Waals surface area contributed by atoms with Gasteiger partial charge in [-0.1, -0.05) is 11.3 Å². The smallest absolute Gasteiger partial charge is 0.262 e. The van der Waals surface area contributed by atoms with Gasteiger partial charge in [-0.2, -0.15) is 0 Å². The molecule has 0 aliphatic heterocycles. The lowest BCUT2D eigenvalue weighted by Gasteiger charge is -1.99. The van der Waals surface area contributed by atoms with Gasteiger partial charge in [0.15, 0.2) is 3.95 Å². The first-order valence-corrected chi connectivity index (χ1v) is 4.59. The van der Waals surface area contributed by atoms with Crippen molar-refractivity contribution in [3.63, 3.8) is 0 Å². The van der Waals surface area contributed by atoms with Crippen molar-refractivity contribution in [2.24, 2.45) is 5.73 Å². The molecule has 0 saturated heterocycles. The number of nitrogen functional groups attached to an aromatic ring is 1. The van der Waals surface area contributed by atoms with Gasteiger partial charge in [-0.3, -0.25) is 4.79 Å². The van der Waals surface area contributed by atoms with E-state index in [2.05, 4.69) is 0 Å². The summed E-state index contributed by atoms with van der Waals surface area (Å²) >= 11 is 6.12. The molecule has 1 aromatic heterocycles. The molecule has 1 heterocycles. The van der Waals surface area contributed by atoms with Crippen LogP contribution in [0.15, 0.2) is 0 Å². The maximum absolute atomic E-state index is 10.8. The highest BCUT2D eigenvalue weighted by atomic mass is 32.1. The Labute approximate surface area is 84.3 Å². The first-order chi connectivity index (χ1) is 5.57.